The van der Waals surface area contributed by atoms with Crippen LogP contribution in [0, 0.1) is 23.0 Å². The molecule has 32 heavy (non-hydrogen) atoms. The van der Waals surface area contributed by atoms with E-state index in [1.54, 1.807) is 16.7 Å². The minimum absolute atomic E-state index is 0.0299. The molecule has 3 rings (SSSR count). The van der Waals surface area contributed by atoms with E-state index >= 15 is 0 Å². The lowest BCUT2D eigenvalue weighted by Gasteiger charge is -2.36. The van der Waals surface area contributed by atoms with Crippen LogP contribution in [-0.4, -0.2) is 76.1 Å². The fourth-order valence-corrected chi connectivity index (χ4v) is 4.78. The number of hydrogen-bond acceptors (Lipinski definition) is 5. The van der Waals surface area contributed by atoms with Gasteiger partial charge in [-0.05, 0) is 58.6 Å². The second-order valence-electron chi connectivity index (χ2n) is 8.53. The highest BCUT2D eigenvalue weighted by molar-refractivity contribution is 5.98. The summed E-state index contributed by atoms with van der Waals surface area (Å²) in [7, 11) is 0. The van der Waals surface area contributed by atoms with Gasteiger partial charge in [-0.15, -0.1) is 0 Å². The summed E-state index contributed by atoms with van der Waals surface area (Å²) in [5.74, 6) is -0.231. The van der Waals surface area contributed by atoms with E-state index in [0.29, 0.717) is 63.1 Å². The number of benzene rings is 1. The summed E-state index contributed by atoms with van der Waals surface area (Å²) >= 11 is 0. The molecule has 0 saturated carbocycles. The van der Waals surface area contributed by atoms with Gasteiger partial charge >= 0.3 is 0 Å². The van der Waals surface area contributed by atoms with Gasteiger partial charge in [0.1, 0.15) is 6.04 Å². The number of nitro groups is 1. The Balaban J connectivity index is 1.65. The molecule has 9 heteroatoms. The number of amides is 3. The van der Waals surface area contributed by atoms with Crippen molar-refractivity contribution < 1.29 is 19.3 Å². The number of hydrogen-bond donors (Lipinski definition) is 0. The van der Waals surface area contributed by atoms with E-state index in [0.717, 1.165) is 6.42 Å². The molecule has 2 heterocycles. The summed E-state index contributed by atoms with van der Waals surface area (Å²) < 4.78 is 0. The molecule has 0 spiro atoms. The minimum atomic E-state index is -0.520. The topological polar surface area (TPSA) is 104 Å². The number of piperidine rings is 1. The maximum absolute atomic E-state index is 13.2. The highest BCUT2D eigenvalue weighted by atomic mass is 16.6. The fraction of sp³-hybridized carbons (Fsp3) is 0.609. The second-order valence-corrected chi connectivity index (χ2v) is 8.53. The molecule has 2 fully saturated rings. The predicted molar refractivity (Wildman–Crippen MR) is 119 cm³/mol. The smallest absolute Gasteiger partial charge is 0.272 e. The molecule has 1 aromatic rings. The van der Waals surface area contributed by atoms with Gasteiger partial charge in [0, 0.05) is 55.8 Å². The van der Waals surface area contributed by atoms with Crippen molar-refractivity contribution in [2.24, 2.45) is 5.92 Å². The third-order valence-corrected chi connectivity index (χ3v) is 6.67. The average Bonchev–Trinajstić information content (AvgIpc) is 3.28. The van der Waals surface area contributed by atoms with Crippen LogP contribution >= 0.6 is 0 Å². The Morgan fingerprint density at radius 1 is 1.09 bits per heavy atom. The lowest BCUT2D eigenvalue weighted by molar-refractivity contribution is -0.385. The lowest BCUT2D eigenvalue weighted by atomic mass is 9.94. The molecule has 0 aromatic heterocycles. The normalized spacial score (nSPS) is 19.2. The van der Waals surface area contributed by atoms with Crippen LogP contribution in [0.5, 0.6) is 0 Å². The van der Waals surface area contributed by atoms with Gasteiger partial charge in [-0.2, -0.15) is 0 Å². The number of likely N-dealkylation sites (tertiary alicyclic amines) is 2. The van der Waals surface area contributed by atoms with E-state index < -0.39 is 11.0 Å². The number of nitrogens with zero attached hydrogens (tertiary/aromatic N) is 4. The van der Waals surface area contributed by atoms with E-state index in [9.17, 15) is 24.5 Å². The summed E-state index contributed by atoms with van der Waals surface area (Å²) in [6, 6.07) is 3.79. The molecular weight excluding hydrogens is 412 g/mol. The van der Waals surface area contributed by atoms with Crippen molar-refractivity contribution in [3.05, 3.63) is 39.4 Å². The minimum Gasteiger partial charge on any atom is -0.343 e. The Morgan fingerprint density at radius 3 is 2.31 bits per heavy atom. The van der Waals surface area contributed by atoms with Crippen molar-refractivity contribution in [3.63, 3.8) is 0 Å². The van der Waals surface area contributed by atoms with Gasteiger partial charge in [0.15, 0.2) is 0 Å². The Bertz CT molecular complexity index is 890. The van der Waals surface area contributed by atoms with E-state index in [1.807, 2.05) is 18.7 Å². The molecule has 2 aliphatic heterocycles. The second kappa shape index (κ2) is 10.1. The van der Waals surface area contributed by atoms with E-state index in [1.165, 1.54) is 18.2 Å². The maximum atomic E-state index is 13.2. The molecule has 0 N–H and O–H groups in total. The van der Waals surface area contributed by atoms with Crippen molar-refractivity contribution in [2.75, 3.05) is 32.7 Å². The Kier molecular flexibility index (Phi) is 7.48. The molecule has 2 saturated heterocycles. The summed E-state index contributed by atoms with van der Waals surface area (Å²) in [4.78, 5) is 54.7. The third kappa shape index (κ3) is 4.76. The quantitative estimate of drug-likeness (QED) is 0.496. The van der Waals surface area contributed by atoms with Gasteiger partial charge in [0.25, 0.3) is 11.6 Å². The summed E-state index contributed by atoms with van der Waals surface area (Å²) in [5, 5.41) is 11.0. The molecule has 9 nitrogen and oxygen atoms in total. The van der Waals surface area contributed by atoms with Gasteiger partial charge in [-0.1, -0.05) is 0 Å². The van der Waals surface area contributed by atoms with E-state index in [-0.39, 0.29) is 29.3 Å². The van der Waals surface area contributed by atoms with Crippen LogP contribution in [0.2, 0.25) is 0 Å². The van der Waals surface area contributed by atoms with Crippen LogP contribution in [0.15, 0.2) is 18.2 Å². The summed E-state index contributed by atoms with van der Waals surface area (Å²) in [5.41, 5.74) is 0.747. The van der Waals surface area contributed by atoms with Crippen LogP contribution in [0.4, 0.5) is 5.69 Å². The van der Waals surface area contributed by atoms with Gasteiger partial charge in [0.05, 0.1) is 4.92 Å². The van der Waals surface area contributed by atoms with Crippen LogP contribution in [0.3, 0.4) is 0 Å². The molecule has 174 valence electrons. The van der Waals surface area contributed by atoms with Crippen LogP contribution in [0.1, 0.15) is 55.5 Å². The number of aryl methyl sites for hydroxylation is 1. The molecular formula is C23H32N4O5. The first kappa shape index (κ1) is 23.7. The van der Waals surface area contributed by atoms with Gasteiger partial charge < -0.3 is 14.7 Å². The first-order valence-corrected chi connectivity index (χ1v) is 11.4. The first-order chi connectivity index (χ1) is 15.3. The number of carbonyl (C=O) groups is 3. The van der Waals surface area contributed by atoms with E-state index in [4.69, 9.17) is 0 Å². The monoisotopic (exact) mass is 444 g/mol. The van der Waals surface area contributed by atoms with Crippen molar-refractivity contribution in [3.8, 4) is 0 Å². The number of carbonyl (C=O) groups excluding carboxylic acids is 3. The first-order valence-electron chi connectivity index (χ1n) is 11.4. The third-order valence-electron chi connectivity index (χ3n) is 6.67. The Hall–Kier alpha value is -2.97. The predicted octanol–water partition coefficient (Wildman–Crippen LogP) is 2.61. The lowest BCUT2D eigenvalue weighted by Crippen LogP contribution is -2.51. The van der Waals surface area contributed by atoms with Crippen LogP contribution in [-0.2, 0) is 9.59 Å². The van der Waals surface area contributed by atoms with Crippen molar-refractivity contribution in [1.82, 2.24) is 14.7 Å². The summed E-state index contributed by atoms with van der Waals surface area (Å²) in [6.45, 7) is 8.45. The standard InChI is InChI=1S/C23H32N4O5/c1-4-24(5-2)21(28)17-10-13-25(14-11-17)23(30)20-7-6-12-26(20)22(29)18-8-9-19(27(31)32)16(3)15-18/h8-9,15,17,20H,4-7,10-14H2,1-3H3. The molecule has 1 unspecified atom stereocenters. The molecule has 0 aliphatic carbocycles. The molecule has 1 aromatic carbocycles. The molecule has 3 amide bonds. The number of rotatable bonds is 6. The van der Waals surface area contributed by atoms with Crippen molar-refractivity contribution in [1.29, 1.82) is 0 Å². The van der Waals surface area contributed by atoms with Crippen LogP contribution < -0.4 is 0 Å². The van der Waals surface area contributed by atoms with Crippen molar-refractivity contribution >= 4 is 23.4 Å². The fourth-order valence-electron chi connectivity index (χ4n) is 4.78. The van der Waals surface area contributed by atoms with Gasteiger partial charge in [0.2, 0.25) is 11.8 Å². The number of nitro benzene ring substituents is 1. The zero-order valence-electron chi connectivity index (χ0n) is 19.1. The molecule has 0 radical (unpaired) electrons. The highest BCUT2D eigenvalue weighted by Gasteiger charge is 2.39. The van der Waals surface area contributed by atoms with Crippen molar-refractivity contribution in [2.45, 2.75) is 52.5 Å². The zero-order chi connectivity index (χ0) is 23.4. The van der Waals surface area contributed by atoms with Gasteiger partial charge in [-0.25, -0.2) is 0 Å². The van der Waals surface area contributed by atoms with E-state index in [2.05, 4.69) is 0 Å². The highest BCUT2D eigenvalue weighted by Crippen LogP contribution is 2.27. The molecule has 2 aliphatic rings. The zero-order valence-corrected chi connectivity index (χ0v) is 19.1. The SMILES string of the molecule is CCN(CC)C(=O)C1CCN(C(=O)C2CCCN2C(=O)c2ccc([N+](=O)[O-])c(C)c2)CC1. The maximum Gasteiger partial charge on any atom is 0.272 e. The summed E-state index contributed by atoms with van der Waals surface area (Å²) in [6.07, 6.45) is 2.63. The molecule has 1 atom stereocenters. The average molecular weight is 445 g/mol. The Labute approximate surface area is 188 Å². The Morgan fingerprint density at radius 2 is 1.75 bits per heavy atom. The van der Waals surface area contributed by atoms with Gasteiger partial charge in [-0.3, -0.25) is 24.5 Å². The van der Waals surface area contributed by atoms with Crippen LogP contribution in [0.25, 0.3) is 0 Å². The largest absolute Gasteiger partial charge is 0.343 e. The molecule has 0 bridgehead atoms.